The lowest BCUT2D eigenvalue weighted by Gasteiger charge is -2.06. The summed E-state index contributed by atoms with van der Waals surface area (Å²) in [4.78, 5) is 8.59. The fraction of sp³-hybridized carbons (Fsp3) is 0.471. The lowest BCUT2D eigenvalue weighted by atomic mass is 10.1. The third-order valence-electron chi connectivity index (χ3n) is 3.50. The van der Waals surface area contributed by atoms with Crippen LogP contribution in [0.2, 0.25) is 0 Å². The molecule has 1 aromatic carbocycles. The molecule has 0 bridgehead atoms. The molecule has 0 saturated carbocycles. The summed E-state index contributed by atoms with van der Waals surface area (Å²) in [7, 11) is 0. The molecule has 24 heavy (non-hydrogen) atoms. The molecule has 0 fully saturated rings. The predicted molar refractivity (Wildman–Crippen MR) is 108 cm³/mol. The SMILES string of the molecule is CCCCN=C(N)NCCc1ccc(-c2nc(CC)no2)cc1.I. The first-order chi connectivity index (χ1) is 11.2. The number of hydrogen-bond acceptors (Lipinski definition) is 4. The molecule has 1 aromatic heterocycles. The number of guanidine groups is 1. The second-order valence-electron chi connectivity index (χ2n) is 5.36. The summed E-state index contributed by atoms with van der Waals surface area (Å²) in [5.74, 6) is 1.82. The van der Waals surface area contributed by atoms with Crippen molar-refractivity contribution in [3.63, 3.8) is 0 Å². The number of aliphatic imine (C=N–C) groups is 1. The number of hydrogen-bond donors (Lipinski definition) is 2. The van der Waals surface area contributed by atoms with Crippen LogP contribution in [0.1, 0.15) is 38.1 Å². The Hall–Kier alpha value is -1.64. The lowest BCUT2D eigenvalue weighted by Crippen LogP contribution is -2.33. The minimum absolute atomic E-state index is 0. The number of benzene rings is 1. The highest BCUT2D eigenvalue weighted by Crippen LogP contribution is 2.18. The Balaban J connectivity index is 0.00000288. The van der Waals surface area contributed by atoms with Gasteiger partial charge in [-0.05, 0) is 30.5 Å². The van der Waals surface area contributed by atoms with Gasteiger partial charge < -0.3 is 15.6 Å². The van der Waals surface area contributed by atoms with E-state index in [-0.39, 0.29) is 24.0 Å². The molecule has 0 radical (unpaired) electrons. The Morgan fingerprint density at radius 1 is 1.25 bits per heavy atom. The monoisotopic (exact) mass is 443 g/mol. The zero-order chi connectivity index (χ0) is 16.5. The number of rotatable bonds is 8. The highest BCUT2D eigenvalue weighted by molar-refractivity contribution is 14.0. The normalized spacial score (nSPS) is 11.2. The van der Waals surface area contributed by atoms with Crippen LogP contribution in [0, 0.1) is 0 Å². The number of nitrogens with zero attached hydrogens (tertiary/aromatic N) is 3. The predicted octanol–water partition coefficient (Wildman–Crippen LogP) is 3.16. The molecule has 0 aliphatic heterocycles. The van der Waals surface area contributed by atoms with Gasteiger partial charge in [0.2, 0.25) is 0 Å². The first-order valence-electron chi connectivity index (χ1n) is 8.18. The molecule has 0 unspecified atom stereocenters. The quantitative estimate of drug-likeness (QED) is 0.283. The summed E-state index contributed by atoms with van der Waals surface area (Å²) < 4.78 is 5.24. The molecule has 0 saturated heterocycles. The van der Waals surface area contributed by atoms with Crippen LogP contribution in [0.25, 0.3) is 11.5 Å². The maximum atomic E-state index is 5.81. The molecule has 1 heterocycles. The van der Waals surface area contributed by atoms with Crippen LogP contribution in [0.15, 0.2) is 33.8 Å². The summed E-state index contributed by atoms with van der Waals surface area (Å²) >= 11 is 0. The average Bonchev–Trinajstić information content (AvgIpc) is 3.05. The first-order valence-corrected chi connectivity index (χ1v) is 8.18. The molecule has 0 aliphatic carbocycles. The van der Waals surface area contributed by atoms with Crippen LogP contribution in [0.5, 0.6) is 0 Å². The third kappa shape index (κ3) is 6.46. The van der Waals surface area contributed by atoms with Crippen molar-refractivity contribution in [1.29, 1.82) is 0 Å². The number of nitrogens with two attached hydrogens (primary N) is 1. The lowest BCUT2D eigenvalue weighted by molar-refractivity contribution is 0.423. The van der Waals surface area contributed by atoms with Crippen molar-refractivity contribution in [2.24, 2.45) is 10.7 Å². The molecule has 2 aromatic rings. The Labute approximate surface area is 160 Å². The Morgan fingerprint density at radius 3 is 2.62 bits per heavy atom. The van der Waals surface area contributed by atoms with Crippen molar-refractivity contribution in [3.05, 3.63) is 35.7 Å². The molecule has 0 amide bonds. The fourth-order valence-electron chi connectivity index (χ4n) is 2.08. The molecule has 0 spiro atoms. The van der Waals surface area contributed by atoms with Crippen molar-refractivity contribution in [3.8, 4) is 11.5 Å². The van der Waals surface area contributed by atoms with Gasteiger partial charge in [-0.2, -0.15) is 4.98 Å². The topological polar surface area (TPSA) is 89.3 Å². The van der Waals surface area contributed by atoms with Gasteiger partial charge in [0.25, 0.3) is 5.89 Å². The summed E-state index contributed by atoms with van der Waals surface area (Å²) in [5, 5.41) is 7.04. The van der Waals surface area contributed by atoms with Crippen LogP contribution >= 0.6 is 24.0 Å². The Morgan fingerprint density at radius 2 is 2.00 bits per heavy atom. The van der Waals surface area contributed by atoms with Crippen molar-refractivity contribution >= 4 is 29.9 Å². The summed E-state index contributed by atoms with van der Waals surface area (Å²) in [6.45, 7) is 5.69. The van der Waals surface area contributed by atoms with E-state index in [1.54, 1.807) is 0 Å². The second kappa shape index (κ2) is 11.0. The first kappa shape index (κ1) is 20.4. The van der Waals surface area contributed by atoms with Crippen molar-refractivity contribution in [2.75, 3.05) is 13.1 Å². The maximum Gasteiger partial charge on any atom is 0.257 e. The van der Waals surface area contributed by atoms with Crippen LogP contribution in [0.4, 0.5) is 0 Å². The third-order valence-corrected chi connectivity index (χ3v) is 3.50. The fourth-order valence-corrected chi connectivity index (χ4v) is 2.08. The zero-order valence-electron chi connectivity index (χ0n) is 14.3. The molecular formula is C17H26IN5O. The van der Waals surface area contributed by atoms with Gasteiger partial charge >= 0.3 is 0 Å². The molecule has 0 atom stereocenters. The van der Waals surface area contributed by atoms with Crippen molar-refractivity contribution in [1.82, 2.24) is 15.5 Å². The van der Waals surface area contributed by atoms with E-state index in [1.807, 2.05) is 19.1 Å². The molecule has 2 rings (SSSR count). The van der Waals surface area contributed by atoms with Gasteiger partial charge in [-0.15, -0.1) is 24.0 Å². The molecule has 7 heteroatoms. The number of halogens is 1. The highest BCUT2D eigenvalue weighted by atomic mass is 127. The summed E-state index contributed by atoms with van der Waals surface area (Å²) in [6, 6.07) is 8.14. The standard InChI is InChI=1S/C17H25N5O.HI/c1-3-5-11-19-17(18)20-12-10-13-6-8-14(9-7-13)16-21-15(4-2)22-23-16;/h6-9H,3-5,10-12H2,1-2H3,(H3,18,19,20);1H. The molecule has 3 N–H and O–H groups in total. The van der Waals surface area contributed by atoms with Gasteiger partial charge in [0.05, 0.1) is 0 Å². The van der Waals surface area contributed by atoms with Gasteiger partial charge in [0.1, 0.15) is 0 Å². The van der Waals surface area contributed by atoms with Gasteiger partial charge in [0, 0.05) is 25.1 Å². The van der Waals surface area contributed by atoms with Crippen LogP contribution in [-0.4, -0.2) is 29.2 Å². The largest absolute Gasteiger partial charge is 0.370 e. The number of aromatic nitrogens is 2. The van der Waals surface area contributed by atoms with E-state index in [2.05, 4.69) is 39.5 Å². The molecule has 132 valence electrons. The molecular weight excluding hydrogens is 417 g/mol. The zero-order valence-corrected chi connectivity index (χ0v) is 16.6. The maximum absolute atomic E-state index is 5.81. The van der Waals surface area contributed by atoms with E-state index in [0.717, 1.165) is 50.2 Å². The van der Waals surface area contributed by atoms with Crippen molar-refractivity contribution in [2.45, 2.75) is 39.5 Å². The van der Waals surface area contributed by atoms with E-state index in [9.17, 15) is 0 Å². The van der Waals surface area contributed by atoms with Gasteiger partial charge in [-0.1, -0.05) is 37.6 Å². The number of aryl methyl sites for hydroxylation is 1. The van der Waals surface area contributed by atoms with E-state index in [0.29, 0.717) is 11.9 Å². The highest BCUT2D eigenvalue weighted by Gasteiger charge is 2.07. The minimum Gasteiger partial charge on any atom is -0.370 e. The second-order valence-corrected chi connectivity index (χ2v) is 5.36. The van der Waals surface area contributed by atoms with E-state index in [1.165, 1.54) is 5.56 Å². The Kier molecular flexibility index (Phi) is 9.36. The van der Waals surface area contributed by atoms with E-state index in [4.69, 9.17) is 10.3 Å². The average molecular weight is 443 g/mol. The van der Waals surface area contributed by atoms with Gasteiger partial charge in [0.15, 0.2) is 11.8 Å². The van der Waals surface area contributed by atoms with Gasteiger partial charge in [-0.3, -0.25) is 4.99 Å². The summed E-state index contributed by atoms with van der Waals surface area (Å²) in [5.41, 5.74) is 7.97. The van der Waals surface area contributed by atoms with E-state index >= 15 is 0 Å². The minimum atomic E-state index is 0. The molecule has 0 aliphatic rings. The number of nitrogens with one attached hydrogen (secondary N) is 1. The number of unbranched alkanes of at least 4 members (excludes halogenated alkanes) is 1. The van der Waals surface area contributed by atoms with Gasteiger partial charge in [-0.25, -0.2) is 0 Å². The smallest absolute Gasteiger partial charge is 0.257 e. The molecule has 6 nitrogen and oxygen atoms in total. The van der Waals surface area contributed by atoms with Crippen LogP contribution in [0.3, 0.4) is 0 Å². The van der Waals surface area contributed by atoms with Crippen LogP contribution < -0.4 is 11.1 Å². The Bertz CT molecular complexity index is 624. The summed E-state index contributed by atoms with van der Waals surface area (Å²) in [6.07, 6.45) is 3.85. The van der Waals surface area contributed by atoms with Crippen molar-refractivity contribution < 1.29 is 4.52 Å². The van der Waals surface area contributed by atoms with E-state index < -0.39 is 0 Å². The van der Waals surface area contributed by atoms with Crippen LogP contribution in [-0.2, 0) is 12.8 Å².